The molecule has 1 aromatic carbocycles. The molecular weight excluding hydrogens is 268 g/mol. The van der Waals surface area contributed by atoms with Gasteiger partial charge in [0, 0.05) is 18.1 Å². The molecule has 0 saturated heterocycles. The van der Waals surface area contributed by atoms with E-state index in [1.165, 1.54) is 0 Å². The van der Waals surface area contributed by atoms with Crippen LogP contribution in [-0.4, -0.2) is 18.3 Å². The zero-order valence-corrected chi connectivity index (χ0v) is 11.8. The molecule has 0 fully saturated rings. The number of carbonyl (C=O) groups excluding carboxylic acids is 1. The topological polar surface area (TPSA) is 33.2 Å². The molecule has 0 amide bonds. The van der Waals surface area contributed by atoms with Gasteiger partial charge < -0.3 is 4.90 Å². The molecule has 94 valence electrons. The van der Waals surface area contributed by atoms with Crippen LogP contribution in [0.15, 0.2) is 23.6 Å². The van der Waals surface area contributed by atoms with Gasteiger partial charge in [0.2, 0.25) is 0 Å². The largest absolute Gasteiger partial charge is 0.368 e. The lowest BCUT2D eigenvalue weighted by atomic mass is 10.1. The van der Waals surface area contributed by atoms with Crippen molar-refractivity contribution in [3.8, 4) is 0 Å². The average molecular weight is 281 g/mol. The third kappa shape index (κ3) is 2.71. The minimum atomic E-state index is 0.476. The summed E-state index contributed by atoms with van der Waals surface area (Å²) in [5.74, 6) is 0. The Bertz CT molecular complexity index is 568. The van der Waals surface area contributed by atoms with E-state index in [2.05, 4.69) is 4.98 Å². The van der Waals surface area contributed by atoms with Crippen LogP contribution in [0.3, 0.4) is 0 Å². The molecule has 0 spiro atoms. The standard InChI is InChI=1S/C13H13ClN2OS/c1-9-15-10(8-18-9)6-16(2)13-5-3-4-12(14)11(13)7-17/h3-5,7-8H,6H2,1-2H3. The van der Waals surface area contributed by atoms with Crippen LogP contribution in [-0.2, 0) is 6.54 Å². The lowest BCUT2D eigenvalue weighted by Gasteiger charge is -2.20. The second-order valence-corrected chi connectivity index (χ2v) is 5.47. The van der Waals surface area contributed by atoms with Crippen molar-refractivity contribution in [2.45, 2.75) is 13.5 Å². The molecule has 2 rings (SSSR count). The third-order valence-corrected chi connectivity index (χ3v) is 3.78. The fourth-order valence-electron chi connectivity index (χ4n) is 1.78. The summed E-state index contributed by atoms with van der Waals surface area (Å²) < 4.78 is 0. The second-order valence-electron chi connectivity index (χ2n) is 4.00. The van der Waals surface area contributed by atoms with E-state index in [0.717, 1.165) is 22.7 Å². The number of anilines is 1. The first kappa shape index (κ1) is 13.1. The molecule has 18 heavy (non-hydrogen) atoms. The minimum Gasteiger partial charge on any atom is -0.368 e. The van der Waals surface area contributed by atoms with Crippen molar-refractivity contribution >= 4 is 34.9 Å². The molecule has 1 aromatic heterocycles. The Hall–Kier alpha value is -1.39. The third-order valence-electron chi connectivity index (χ3n) is 2.62. The summed E-state index contributed by atoms with van der Waals surface area (Å²) in [6.07, 6.45) is 0.792. The van der Waals surface area contributed by atoms with Crippen LogP contribution in [0, 0.1) is 6.92 Å². The van der Waals surface area contributed by atoms with E-state index in [1.807, 2.05) is 36.4 Å². The Morgan fingerprint density at radius 1 is 1.50 bits per heavy atom. The number of aldehydes is 1. The summed E-state index contributed by atoms with van der Waals surface area (Å²) in [6.45, 7) is 2.63. The molecule has 0 radical (unpaired) electrons. The molecule has 0 atom stereocenters. The van der Waals surface area contributed by atoms with E-state index in [9.17, 15) is 4.79 Å². The highest BCUT2D eigenvalue weighted by molar-refractivity contribution is 7.09. The van der Waals surface area contributed by atoms with Crippen molar-refractivity contribution in [3.05, 3.63) is 44.9 Å². The van der Waals surface area contributed by atoms with Gasteiger partial charge in [-0.1, -0.05) is 17.7 Å². The molecule has 3 nitrogen and oxygen atoms in total. The normalized spacial score (nSPS) is 10.4. The quantitative estimate of drug-likeness (QED) is 0.803. The zero-order chi connectivity index (χ0) is 13.1. The fourth-order valence-corrected chi connectivity index (χ4v) is 2.60. The van der Waals surface area contributed by atoms with Gasteiger partial charge in [0.25, 0.3) is 0 Å². The summed E-state index contributed by atoms with van der Waals surface area (Å²) >= 11 is 7.63. The first-order valence-corrected chi connectivity index (χ1v) is 6.73. The maximum atomic E-state index is 11.1. The van der Waals surface area contributed by atoms with E-state index in [4.69, 9.17) is 11.6 Å². The van der Waals surface area contributed by atoms with Crippen molar-refractivity contribution in [1.29, 1.82) is 0 Å². The lowest BCUT2D eigenvalue weighted by Crippen LogP contribution is -2.18. The number of rotatable bonds is 4. The summed E-state index contributed by atoms with van der Waals surface area (Å²) in [5.41, 5.74) is 2.34. The Labute approximate surface area is 115 Å². The summed E-state index contributed by atoms with van der Waals surface area (Å²) in [4.78, 5) is 17.5. The molecule has 0 bridgehead atoms. The Morgan fingerprint density at radius 2 is 2.28 bits per heavy atom. The Morgan fingerprint density at radius 3 is 2.89 bits per heavy atom. The number of nitrogens with zero attached hydrogens (tertiary/aromatic N) is 2. The van der Waals surface area contributed by atoms with Gasteiger partial charge in [-0.25, -0.2) is 4.98 Å². The summed E-state index contributed by atoms with van der Waals surface area (Å²) in [5, 5.41) is 3.54. The van der Waals surface area contributed by atoms with Crippen LogP contribution in [0.1, 0.15) is 21.1 Å². The highest BCUT2D eigenvalue weighted by Gasteiger charge is 2.11. The smallest absolute Gasteiger partial charge is 0.153 e. The summed E-state index contributed by atoms with van der Waals surface area (Å²) in [7, 11) is 1.92. The first-order chi connectivity index (χ1) is 8.61. The van der Waals surface area contributed by atoms with Gasteiger partial charge in [0.15, 0.2) is 6.29 Å². The highest BCUT2D eigenvalue weighted by atomic mass is 35.5. The van der Waals surface area contributed by atoms with Crippen LogP contribution in [0.5, 0.6) is 0 Å². The molecule has 0 aliphatic heterocycles. The van der Waals surface area contributed by atoms with Gasteiger partial charge in [-0.05, 0) is 19.1 Å². The fraction of sp³-hybridized carbons (Fsp3) is 0.231. The predicted molar refractivity (Wildman–Crippen MR) is 75.8 cm³/mol. The molecule has 5 heteroatoms. The number of halogens is 1. The monoisotopic (exact) mass is 280 g/mol. The number of aromatic nitrogens is 1. The van der Waals surface area contributed by atoms with Gasteiger partial charge in [-0.3, -0.25) is 4.79 Å². The molecule has 2 aromatic rings. The van der Waals surface area contributed by atoms with Gasteiger partial charge in [0.05, 0.1) is 27.8 Å². The Balaban J connectivity index is 2.26. The molecule has 0 N–H and O–H groups in total. The van der Waals surface area contributed by atoms with Crippen LogP contribution in [0.4, 0.5) is 5.69 Å². The van der Waals surface area contributed by atoms with Gasteiger partial charge in [0.1, 0.15) is 0 Å². The number of thiazole rings is 1. The maximum Gasteiger partial charge on any atom is 0.153 e. The van der Waals surface area contributed by atoms with Gasteiger partial charge in [-0.15, -0.1) is 11.3 Å². The van der Waals surface area contributed by atoms with Crippen LogP contribution >= 0.6 is 22.9 Å². The Kier molecular flexibility index (Phi) is 3.99. The van der Waals surface area contributed by atoms with Gasteiger partial charge >= 0.3 is 0 Å². The van der Waals surface area contributed by atoms with Crippen molar-refractivity contribution < 1.29 is 4.79 Å². The number of hydrogen-bond donors (Lipinski definition) is 0. The van der Waals surface area contributed by atoms with Crippen LogP contribution in [0.25, 0.3) is 0 Å². The molecule has 0 aliphatic carbocycles. The molecule has 0 saturated carbocycles. The number of benzene rings is 1. The maximum absolute atomic E-state index is 11.1. The van der Waals surface area contributed by atoms with Crippen LogP contribution < -0.4 is 4.90 Å². The van der Waals surface area contributed by atoms with Crippen molar-refractivity contribution in [3.63, 3.8) is 0 Å². The van der Waals surface area contributed by atoms with E-state index in [-0.39, 0.29) is 0 Å². The van der Waals surface area contributed by atoms with E-state index in [1.54, 1.807) is 17.4 Å². The highest BCUT2D eigenvalue weighted by Crippen LogP contribution is 2.26. The van der Waals surface area contributed by atoms with Gasteiger partial charge in [-0.2, -0.15) is 0 Å². The SMILES string of the molecule is Cc1nc(CN(C)c2cccc(Cl)c2C=O)cs1. The predicted octanol–water partition coefficient (Wildman–Crippen LogP) is 3.55. The number of hydrogen-bond acceptors (Lipinski definition) is 4. The molecule has 0 unspecified atom stereocenters. The number of carbonyl (C=O) groups is 1. The van der Waals surface area contributed by atoms with Crippen LogP contribution in [0.2, 0.25) is 5.02 Å². The van der Waals surface area contributed by atoms with Crippen molar-refractivity contribution in [2.24, 2.45) is 0 Å². The van der Waals surface area contributed by atoms with Crippen molar-refractivity contribution in [1.82, 2.24) is 4.98 Å². The first-order valence-electron chi connectivity index (χ1n) is 5.47. The molecular formula is C13H13ClN2OS. The minimum absolute atomic E-state index is 0.476. The zero-order valence-electron chi connectivity index (χ0n) is 10.2. The van der Waals surface area contributed by atoms with Crippen molar-refractivity contribution in [2.75, 3.05) is 11.9 Å². The number of aryl methyl sites for hydroxylation is 1. The average Bonchev–Trinajstić information content (AvgIpc) is 2.74. The molecule has 1 heterocycles. The van der Waals surface area contributed by atoms with E-state index in [0.29, 0.717) is 17.1 Å². The molecule has 0 aliphatic rings. The van der Waals surface area contributed by atoms with E-state index >= 15 is 0 Å². The lowest BCUT2D eigenvalue weighted by molar-refractivity contribution is 0.112. The summed E-state index contributed by atoms with van der Waals surface area (Å²) in [6, 6.07) is 5.44. The van der Waals surface area contributed by atoms with E-state index < -0.39 is 0 Å². The second kappa shape index (κ2) is 5.50.